The Kier molecular flexibility index (Phi) is 7.36. The zero-order chi connectivity index (χ0) is 22.2. The van der Waals surface area contributed by atoms with Crippen LogP contribution in [0.2, 0.25) is 0 Å². The highest BCUT2D eigenvalue weighted by Gasteiger charge is 2.25. The second-order valence-corrected chi connectivity index (χ2v) is 6.84. The number of carbonyl (C=O) groups excluding carboxylic acids is 3. The number of ether oxygens (including phenoxy) is 2. The van der Waals surface area contributed by atoms with Crippen molar-refractivity contribution >= 4 is 18.0 Å². The Labute approximate surface area is 179 Å². The van der Waals surface area contributed by atoms with Crippen LogP contribution in [0.5, 0.6) is 0 Å². The summed E-state index contributed by atoms with van der Waals surface area (Å²) in [6.45, 7) is 3.15. The molecule has 0 atom stereocenters. The molecule has 1 aromatic heterocycles. The van der Waals surface area contributed by atoms with E-state index in [1.165, 1.54) is 26.6 Å². The van der Waals surface area contributed by atoms with E-state index in [0.717, 1.165) is 5.56 Å². The fraction of sp³-hybridized carbons (Fsp3) is 0.381. The first-order valence-electron chi connectivity index (χ1n) is 9.96. The number of hydrogen-bond acceptors (Lipinski definition) is 7. The molecule has 0 spiro atoms. The van der Waals surface area contributed by atoms with Crippen molar-refractivity contribution in [2.75, 3.05) is 39.4 Å². The summed E-state index contributed by atoms with van der Waals surface area (Å²) in [5.74, 6) is -1.16. The number of benzene rings is 1. The molecule has 0 N–H and O–H groups in total. The van der Waals surface area contributed by atoms with Crippen LogP contribution in [0.4, 0.5) is 4.79 Å². The van der Waals surface area contributed by atoms with Crippen molar-refractivity contribution in [3.05, 3.63) is 64.1 Å². The molecule has 2 heterocycles. The zero-order valence-electron chi connectivity index (χ0n) is 17.2. The van der Waals surface area contributed by atoms with Crippen LogP contribution in [-0.4, -0.2) is 76.9 Å². The highest BCUT2D eigenvalue weighted by molar-refractivity contribution is 5.89. The lowest BCUT2D eigenvalue weighted by atomic mass is 10.2. The fourth-order valence-corrected chi connectivity index (χ4v) is 3.07. The molecule has 3 rings (SSSR count). The van der Waals surface area contributed by atoms with Gasteiger partial charge in [-0.05, 0) is 18.6 Å². The molecule has 0 bridgehead atoms. The molecule has 31 heavy (non-hydrogen) atoms. The van der Waals surface area contributed by atoms with Crippen molar-refractivity contribution < 1.29 is 23.9 Å². The molecule has 1 aromatic carbocycles. The van der Waals surface area contributed by atoms with E-state index in [-0.39, 0.29) is 23.7 Å². The lowest BCUT2D eigenvalue weighted by Crippen LogP contribution is -2.51. The lowest BCUT2D eigenvalue weighted by Gasteiger charge is -2.33. The summed E-state index contributed by atoms with van der Waals surface area (Å²) in [5, 5.41) is 4.05. The molecule has 0 saturated carbocycles. The maximum absolute atomic E-state index is 12.3. The third kappa shape index (κ3) is 5.91. The van der Waals surface area contributed by atoms with E-state index in [4.69, 9.17) is 9.47 Å². The summed E-state index contributed by atoms with van der Waals surface area (Å²) in [6, 6.07) is 11.8. The van der Waals surface area contributed by atoms with Crippen LogP contribution in [0.25, 0.3) is 0 Å². The number of carbonyl (C=O) groups is 3. The number of nitrogens with zero attached hydrogens (tertiary/aromatic N) is 4. The Bertz CT molecular complexity index is 983. The minimum atomic E-state index is -0.791. The predicted octanol–water partition coefficient (Wildman–Crippen LogP) is 0.749. The van der Waals surface area contributed by atoms with Gasteiger partial charge in [0.05, 0.1) is 13.2 Å². The van der Waals surface area contributed by atoms with E-state index in [0.29, 0.717) is 32.8 Å². The van der Waals surface area contributed by atoms with E-state index >= 15 is 0 Å². The van der Waals surface area contributed by atoms with Crippen LogP contribution in [0.3, 0.4) is 0 Å². The van der Waals surface area contributed by atoms with Crippen molar-refractivity contribution in [3.63, 3.8) is 0 Å². The molecule has 1 aliphatic heterocycles. The first-order valence-corrected chi connectivity index (χ1v) is 9.96. The van der Waals surface area contributed by atoms with E-state index in [1.54, 1.807) is 6.92 Å². The fourth-order valence-electron chi connectivity index (χ4n) is 3.07. The zero-order valence-corrected chi connectivity index (χ0v) is 17.2. The van der Waals surface area contributed by atoms with Crippen LogP contribution in [0.1, 0.15) is 23.0 Å². The molecule has 0 unspecified atom stereocenters. The maximum Gasteiger partial charge on any atom is 0.409 e. The minimum Gasteiger partial charge on any atom is -0.451 e. The Morgan fingerprint density at radius 3 is 2.29 bits per heavy atom. The number of rotatable bonds is 6. The molecule has 0 radical (unpaired) electrons. The summed E-state index contributed by atoms with van der Waals surface area (Å²) < 4.78 is 11.2. The second-order valence-electron chi connectivity index (χ2n) is 6.84. The van der Waals surface area contributed by atoms with Crippen LogP contribution in [0.15, 0.2) is 47.3 Å². The van der Waals surface area contributed by atoms with Gasteiger partial charge >= 0.3 is 12.1 Å². The maximum atomic E-state index is 12.3. The van der Waals surface area contributed by atoms with Crippen LogP contribution < -0.4 is 5.56 Å². The van der Waals surface area contributed by atoms with Gasteiger partial charge in [0.15, 0.2) is 12.3 Å². The standard InChI is InChI=1S/C21H24N4O6/c1-2-30-21(29)24-12-10-23(11-13-24)19(27)15-31-20(28)17-8-9-18(26)25(22-17)14-16-6-4-3-5-7-16/h3-9H,2,10-15H2,1H3. The summed E-state index contributed by atoms with van der Waals surface area (Å²) in [5.41, 5.74) is 0.450. The van der Waals surface area contributed by atoms with E-state index in [9.17, 15) is 19.2 Å². The number of esters is 1. The van der Waals surface area contributed by atoms with Gasteiger partial charge in [-0.15, -0.1) is 0 Å². The molecular weight excluding hydrogens is 404 g/mol. The van der Waals surface area contributed by atoms with Crippen molar-refractivity contribution in [2.45, 2.75) is 13.5 Å². The molecule has 0 aliphatic carbocycles. The van der Waals surface area contributed by atoms with Crippen molar-refractivity contribution in [1.82, 2.24) is 19.6 Å². The van der Waals surface area contributed by atoms with Gasteiger partial charge in [-0.1, -0.05) is 30.3 Å². The Morgan fingerprint density at radius 1 is 0.935 bits per heavy atom. The Balaban J connectivity index is 1.53. The Hall–Kier alpha value is -3.69. The van der Waals surface area contributed by atoms with Crippen molar-refractivity contribution in [2.24, 2.45) is 0 Å². The number of aromatic nitrogens is 2. The van der Waals surface area contributed by atoms with E-state index in [1.807, 2.05) is 30.3 Å². The molecule has 1 fully saturated rings. The van der Waals surface area contributed by atoms with Gasteiger partial charge in [-0.25, -0.2) is 14.3 Å². The predicted molar refractivity (Wildman–Crippen MR) is 109 cm³/mol. The number of piperazine rings is 1. The highest BCUT2D eigenvalue weighted by Crippen LogP contribution is 2.06. The quantitative estimate of drug-likeness (QED) is 0.624. The van der Waals surface area contributed by atoms with Crippen molar-refractivity contribution in [1.29, 1.82) is 0 Å². The average molecular weight is 428 g/mol. The van der Waals surface area contributed by atoms with Gasteiger partial charge in [0.2, 0.25) is 0 Å². The van der Waals surface area contributed by atoms with Gasteiger partial charge in [0.1, 0.15) is 0 Å². The third-order valence-electron chi connectivity index (χ3n) is 4.74. The van der Waals surface area contributed by atoms with Gasteiger partial charge < -0.3 is 19.3 Å². The van der Waals surface area contributed by atoms with Gasteiger partial charge in [0.25, 0.3) is 11.5 Å². The molecule has 10 heteroatoms. The van der Waals surface area contributed by atoms with E-state index < -0.39 is 18.7 Å². The van der Waals surface area contributed by atoms with Gasteiger partial charge in [-0.2, -0.15) is 5.10 Å². The molecular formula is C21H24N4O6. The molecule has 10 nitrogen and oxygen atoms in total. The minimum absolute atomic E-state index is 0.0598. The number of hydrogen-bond donors (Lipinski definition) is 0. The van der Waals surface area contributed by atoms with Crippen molar-refractivity contribution in [3.8, 4) is 0 Å². The summed E-state index contributed by atoms with van der Waals surface area (Å²) in [7, 11) is 0. The SMILES string of the molecule is CCOC(=O)N1CCN(C(=O)COC(=O)c2ccc(=O)n(Cc3ccccc3)n2)CC1. The normalized spacial score (nSPS) is 13.6. The first-order chi connectivity index (χ1) is 15.0. The molecule has 1 saturated heterocycles. The van der Waals surface area contributed by atoms with Crippen LogP contribution >= 0.6 is 0 Å². The topological polar surface area (TPSA) is 111 Å². The molecule has 1 aliphatic rings. The van der Waals surface area contributed by atoms with Crippen LogP contribution in [0, 0.1) is 0 Å². The monoisotopic (exact) mass is 428 g/mol. The Morgan fingerprint density at radius 2 is 1.61 bits per heavy atom. The average Bonchev–Trinajstić information content (AvgIpc) is 2.79. The summed E-state index contributed by atoms with van der Waals surface area (Å²) >= 11 is 0. The smallest absolute Gasteiger partial charge is 0.409 e. The number of amides is 2. The summed E-state index contributed by atoms with van der Waals surface area (Å²) in [6.07, 6.45) is -0.405. The van der Waals surface area contributed by atoms with Crippen LogP contribution in [-0.2, 0) is 20.8 Å². The van der Waals surface area contributed by atoms with Gasteiger partial charge in [0, 0.05) is 32.2 Å². The first kappa shape index (κ1) is 22.0. The molecule has 2 amide bonds. The molecule has 2 aromatic rings. The highest BCUT2D eigenvalue weighted by atomic mass is 16.6. The third-order valence-corrected chi connectivity index (χ3v) is 4.74. The largest absolute Gasteiger partial charge is 0.451 e. The van der Waals surface area contributed by atoms with E-state index in [2.05, 4.69) is 5.10 Å². The van der Waals surface area contributed by atoms with Gasteiger partial charge in [-0.3, -0.25) is 9.59 Å². The molecule has 164 valence electrons. The summed E-state index contributed by atoms with van der Waals surface area (Å²) in [4.78, 5) is 51.5. The second kappa shape index (κ2) is 10.4. The lowest BCUT2D eigenvalue weighted by molar-refractivity contribution is -0.136.